The smallest absolute Gasteiger partial charge is 0.324 e. The fourth-order valence-corrected chi connectivity index (χ4v) is 4.12. The molecule has 0 saturated heterocycles. The third-order valence-corrected chi connectivity index (χ3v) is 5.90. The molecule has 0 amide bonds. The zero-order chi connectivity index (χ0) is 19.4. The monoisotopic (exact) mass is 382 g/mol. The van der Waals surface area contributed by atoms with Crippen LogP contribution in [0.25, 0.3) is 0 Å². The maximum atomic E-state index is 12.7. The van der Waals surface area contributed by atoms with E-state index in [1.54, 1.807) is 24.3 Å². The van der Waals surface area contributed by atoms with Gasteiger partial charge in [-0.25, -0.2) is 8.42 Å². The van der Waals surface area contributed by atoms with Gasteiger partial charge in [0.1, 0.15) is 6.61 Å². The number of allylic oxidation sites excluding steroid dienone is 1. The summed E-state index contributed by atoms with van der Waals surface area (Å²) < 4.78 is 34.8. The third kappa shape index (κ3) is 7.39. The average molecular weight is 382 g/mol. The molecule has 0 aliphatic rings. The van der Waals surface area contributed by atoms with Crippen molar-refractivity contribution in [1.82, 2.24) is 0 Å². The molecule has 0 heterocycles. The second-order valence-electron chi connectivity index (χ2n) is 5.78. The number of rotatable bonds is 11. The topological polar surface area (TPSA) is 86.7 Å². The fraction of sp³-hybridized carbons (Fsp3) is 0.474. The van der Waals surface area contributed by atoms with Gasteiger partial charge < -0.3 is 9.47 Å². The van der Waals surface area contributed by atoms with Crippen LogP contribution in [0.3, 0.4) is 0 Å². The van der Waals surface area contributed by atoms with E-state index in [9.17, 15) is 18.0 Å². The van der Waals surface area contributed by atoms with Crippen molar-refractivity contribution in [2.45, 2.75) is 49.2 Å². The number of hydrogen-bond acceptors (Lipinski definition) is 6. The quantitative estimate of drug-likeness (QED) is 0.332. The van der Waals surface area contributed by atoms with Crippen LogP contribution < -0.4 is 0 Å². The lowest BCUT2D eigenvalue weighted by Crippen LogP contribution is -2.31. The Morgan fingerprint density at radius 3 is 2.38 bits per heavy atom. The van der Waals surface area contributed by atoms with Gasteiger partial charge in [0.15, 0.2) is 15.1 Å². The van der Waals surface area contributed by atoms with E-state index in [2.05, 4.69) is 0 Å². The van der Waals surface area contributed by atoms with Crippen LogP contribution in [-0.4, -0.2) is 39.3 Å². The number of methoxy groups -OCH3 is 1. The van der Waals surface area contributed by atoms with E-state index in [4.69, 9.17) is 9.47 Å². The fourth-order valence-electron chi connectivity index (χ4n) is 2.43. The lowest BCUT2D eigenvalue weighted by Gasteiger charge is -2.15. The maximum absolute atomic E-state index is 12.7. The van der Waals surface area contributed by atoms with E-state index in [0.29, 0.717) is 6.42 Å². The second kappa shape index (κ2) is 11.5. The average Bonchev–Trinajstić information content (AvgIpc) is 2.63. The molecule has 1 rings (SSSR count). The van der Waals surface area contributed by atoms with Gasteiger partial charge >= 0.3 is 11.9 Å². The summed E-state index contributed by atoms with van der Waals surface area (Å²) in [5.74, 6) is -1.04. The summed E-state index contributed by atoms with van der Waals surface area (Å²) in [4.78, 5) is 22.7. The van der Waals surface area contributed by atoms with E-state index < -0.39 is 21.1 Å². The van der Waals surface area contributed by atoms with Crippen LogP contribution in [0.5, 0.6) is 0 Å². The Labute approximate surface area is 155 Å². The highest BCUT2D eigenvalue weighted by molar-refractivity contribution is 7.92. The Morgan fingerprint density at radius 1 is 1.08 bits per heavy atom. The molecule has 0 aromatic heterocycles. The minimum atomic E-state index is -3.76. The zero-order valence-electron chi connectivity index (χ0n) is 15.2. The van der Waals surface area contributed by atoms with Crippen LogP contribution in [-0.2, 0) is 28.9 Å². The van der Waals surface area contributed by atoms with Gasteiger partial charge in [0.2, 0.25) is 0 Å². The van der Waals surface area contributed by atoms with Crippen molar-refractivity contribution in [3.8, 4) is 0 Å². The van der Waals surface area contributed by atoms with E-state index in [0.717, 1.165) is 19.3 Å². The summed E-state index contributed by atoms with van der Waals surface area (Å²) >= 11 is 0. The first-order chi connectivity index (χ1) is 12.4. The van der Waals surface area contributed by atoms with Crippen LogP contribution in [0, 0.1) is 0 Å². The number of hydrogen-bond donors (Lipinski definition) is 0. The molecule has 0 bridgehead atoms. The molecule has 1 aromatic rings. The van der Waals surface area contributed by atoms with Crippen LogP contribution in [0.4, 0.5) is 0 Å². The summed E-state index contributed by atoms with van der Waals surface area (Å²) in [6.45, 7) is 1.62. The Bertz CT molecular complexity index is 694. The third-order valence-electron chi connectivity index (χ3n) is 3.80. The number of sulfone groups is 1. The molecule has 1 aromatic carbocycles. The van der Waals surface area contributed by atoms with Crippen LogP contribution in [0.15, 0.2) is 47.4 Å². The van der Waals surface area contributed by atoms with Crippen LogP contribution in [0.1, 0.15) is 39.0 Å². The molecule has 1 unspecified atom stereocenters. The zero-order valence-corrected chi connectivity index (χ0v) is 16.0. The first-order valence-electron chi connectivity index (χ1n) is 8.54. The molecule has 7 heteroatoms. The molecule has 0 aliphatic heterocycles. The summed E-state index contributed by atoms with van der Waals surface area (Å²) in [6.07, 6.45) is 6.96. The highest BCUT2D eigenvalue weighted by atomic mass is 32.2. The summed E-state index contributed by atoms with van der Waals surface area (Å²) in [7, 11) is -2.56. The molecule has 144 valence electrons. The molecule has 0 saturated carbocycles. The van der Waals surface area contributed by atoms with Gasteiger partial charge in [0.05, 0.1) is 12.0 Å². The summed E-state index contributed by atoms with van der Waals surface area (Å²) in [6, 6.07) is 7.95. The van der Waals surface area contributed by atoms with Crippen molar-refractivity contribution < 1.29 is 27.5 Å². The Hall–Kier alpha value is -2.15. The van der Waals surface area contributed by atoms with Gasteiger partial charge in [-0.1, -0.05) is 43.2 Å². The Morgan fingerprint density at radius 2 is 1.77 bits per heavy atom. The van der Waals surface area contributed by atoms with Gasteiger partial charge in [0, 0.05) is 6.92 Å². The number of carbonyl (C=O) groups excluding carboxylic acids is 2. The predicted molar refractivity (Wildman–Crippen MR) is 98.3 cm³/mol. The van der Waals surface area contributed by atoms with Gasteiger partial charge in [-0.3, -0.25) is 9.59 Å². The van der Waals surface area contributed by atoms with Crippen LogP contribution in [0.2, 0.25) is 0 Å². The number of ether oxygens (including phenoxy) is 2. The standard InChI is InChI=1S/C19H26O6S/c1-16(20)25-15-11-6-4-3-5-10-14-18(19(21)24-2)26(22,23)17-12-8-7-9-13-17/h6-9,11-13,18H,3-5,10,14-15H2,1-2H3. The van der Waals surface area contributed by atoms with Crippen molar-refractivity contribution in [2.75, 3.05) is 13.7 Å². The van der Waals surface area contributed by atoms with E-state index in [1.165, 1.54) is 26.2 Å². The van der Waals surface area contributed by atoms with Crippen molar-refractivity contribution in [2.24, 2.45) is 0 Å². The van der Waals surface area contributed by atoms with Crippen molar-refractivity contribution >= 4 is 21.8 Å². The SMILES string of the molecule is COC(=O)C(CCCCCC=CCOC(C)=O)S(=O)(=O)c1ccccc1. The predicted octanol–water partition coefficient (Wildman–Crippen LogP) is 3.07. The minimum absolute atomic E-state index is 0.129. The largest absolute Gasteiger partial charge is 0.468 e. The van der Waals surface area contributed by atoms with E-state index in [1.807, 2.05) is 6.08 Å². The second-order valence-corrected chi connectivity index (χ2v) is 7.91. The summed E-state index contributed by atoms with van der Waals surface area (Å²) in [5.41, 5.74) is 0. The van der Waals surface area contributed by atoms with Crippen molar-refractivity contribution in [3.63, 3.8) is 0 Å². The van der Waals surface area contributed by atoms with Crippen molar-refractivity contribution in [1.29, 1.82) is 0 Å². The Kier molecular flexibility index (Phi) is 9.65. The normalized spacial score (nSPS) is 12.7. The van der Waals surface area contributed by atoms with E-state index in [-0.39, 0.29) is 23.9 Å². The molecule has 6 nitrogen and oxygen atoms in total. The van der Waals surface area contributed by atoms with Gasteiger partial charge in [0.25, 0.3) is 0 Å². The number of carbonyl (C=O) groups is 2. The first-order valence-corrected chi connectivity index (χ1v) is 10.1. The molecule has 0 N–H and O–H groups in total. The number of esters is 2. The molecule has 0 radical (unpaired) electrons. The van der Waals surface area contributed by atoms with Crippen molar-refractivity contribution in [3.05, 3.63) is 42.5 Å². The molecule has 26 heavy (non-hydrogen) atoms. The summed E-state index contributed by atoms with van der Waals surface area (Å²) in [5, 5.41) is -1.19. The lowest BCUT2D eigenvalue weighted by molar-refractivity contribution is -0.141. The van der Waals surface area contributed by atoms with Gasteiger partial charge in [-0.15, -0.1) is 0 Å². The highest BCUT2D eigenvalue weighted by Gasteiger charge is 2.34. The minimum Gasteiger partial charge on any atom is -0.468 e. The highest BCUT2D eigenvalue weighted by Crippen LogP contribution is 2.21. The van der Waals surface area contributed by atoms with Gasteiger partial charge in [-0.05, 0) is 31.4 Å². The first kappa shape index (κ1) is 21.9. The van der Waals surface area contributed by atoms with E-state index >= 15 is 0 Å². The molecular weight excluding hydrogens is 356 g/mol. The molecule has 0 aliphatic carbocycles. The molecule has 0 spiro atoms. The molecule has 1 atom stereocenters. The number of benzene rings is 1. The molecular formula is C19H26O6S. The number of unbranched alkanes of at least 4 members (excludes halogenated alkanes) is 3. The maximum Gasteiger partial charge on any atom is 0.324 e. The van der Waals surface area contributed by atoms with Gasteiger partial charge in [-0.2, -0.15) is 0 Å². The lowest BCUT2D eigenvalue weighted by atomic mass is 10.1. The molecule has 0 fully saturated rings. The Balaban J connectivity index is 2.50. The van der Waals surface area contributed by atoms with Crippen LogP contribution >= 0.6 is 0 Å².